The maximum Gasteiger partial charge on any atom is 0.296 e. The van der Waals surface area contributed by atoms with Gasteiger partial charge in [0.25, 0.3) is 5.56 Å². The highest BCUT2D eigenvalue weighted by Crippen LogP contribution is 2.30. The van der Waals surface area contributed by atoms with Crippen LogP contribution in [0.25, 0.3) is 11.1 Å². The molecule has 0 radical (unpaired) electrons. The van der Waals surface area contributed by atoms with Gasteiger partial charge < -0.3 is 5.11 Å². The van der Waals surface area contributed by atoms with Gasteiger partial charge >= 0.3 is 0 Å². The Morgan fingerprint density at radius 2 is 1.78 bits per heavy atom. The van der Waals surface area contributed by atoms with Gasteiger partial charge in [0.15, 0.2) is 4.90 Å². The van der Waals surface area contributed by atoms with Crippen LogP contribution in [-0.2, 0) is 22.8 Å². The zero-order valence-corrected chi connectivity index (χ0v) is 21.9. The van der Waals surface area contributed by atoms with Crippen LogP contribution >= 0.6 is 11.6 Å². The normalized spacial score (nSPS) is 11.6. The topological polar surface area (TPSA) is 102 Å². The summed E-state index contributed by atoms with van der Waals surface area (Å²) in [7, 11) is -4.42. The van der Waals surface area contributed by atoms with Crippen molar-refractivity contribution in [2.24, 2.45) is 0 Å². The Morgan fingerprint density at radius 1 is 1.05 bits per heavy atom. The molecule has 192 valence electrons. The average Bonchev–Trinajstić information content (AvgIpc) is 2.85. The van der Waals surface area contributed by atoms with E-state index in [4.69, 9.17) is 11.6 Å². The van der Waals surface area contributed by atoms with E-state index in [0.717, 1.165) is 6.42 Å². The lowest BCUT2D eigenvalue weighted by molar-refractivity contribution is 0.388. The van der Waals surface area contributed by atoms with E-state index in [-0.39, 0.29) is 17.3 Å². The van der Waals surface area contributed by atoms with Crippen molar-refractivity contribution in [2.45, 2.75) is 49.4 Å². The standard InChI is InChI=1S/C27H25ClFN3O4S/c1-3-4-8-24-31-26(33)25(27(34)32(24)16-18-6-5-7-20(28)15-18)37(35,36)21-11-9-19(10-12-21)22-13-14-23(29)30-17(22)2/h5-7,9-15,34H,3-4,8,16H2,1-2H3. The van der Waals surface area contributed by atoms with Crippen LogP contribution < -0.4 is 5.56 Å². The summed E-state index contributed by atoms with van der Waals surface area (Å²) in [6.07, 6.45) is 1.91. The number of hydrogen-bond donors (Lipinski definition) is 1. The van der Waals surface area contributed by atoms with Gasteiger partial charge in [0.1, 0.15) is 5.82 Å². The third-order valence-electron chi connectivity index (χ3n) is 5.98. The summed E-state index contributed by atoms with van der Waals surface area (Å²) >= 11 is 6.10. The van der Waals surface area contributed by atoms with Gasteiger partial charge in [-0.05, 0) is 60.9 Å². The van der Waals surface area contributed by atoms with Crippen molar-refractivity contribution in [3.8, 4) is 17.0 Å². The largest absolute Gasteiger partial charge is 0.493 e. The number of aryl methyl sites for hydroxylation is 2. The van der Waals surface area contributed by atoms with E-state index in [1.54, 1.807) is 49.4 Å². The highest BCUT2D eigenvalue weighted by molar-refractivity contribution is 7.91. The van der Waals surface area contributed by atoms with Crippen LogP contribution in [0, 0.1) is 12.9 Å². The van der Waals surface area contributed by atoms with Crippen LogP contribution in [0.2, 0.25) is 5.02 Å². The highest BCUT2D eigenvalue weighted by Gasteiger charge is 2.29. The van der Waals surface area contributed by atoms with Gasteiger partial charge in [0, 0.05) is 22.7 Å². The zero-order chi connectivity index (χ0) is 26.7. The Bertz CT molecular complexity index is 1620. The number of nitrogens with zero attached hydrogens (tertiary/aromatic N) is 3. The SMILES string of the molecule is CCCCc1nc(=O)c(S(=O)(=O)c2ccc(-c3ccc(F)nc3C)cc2)c(O)n1Cc1cccc(Cl)c1. The highest BCUT2D eigenvalue weighted by atomic mass is 35.5. The maximum atomic E-state index is 13.5. The summed E-state index contributed by atoms with van der Waals surface area (Å²) in [4.78, 5) is 19.8. The molecule has 0 atom stereocenters. The first kappa shape index (κ1) is 26.5. The lowest BCUT2D eigenvalue weighted by Gasteiger charge is -2.17. The second-order valence-electron chi connectivity index (χ2n) is 8.60. The quantitative estimate of drug-likeness (QED) is 0.302. The fourth-order valence-corrected chi connectivity index (χ4v) is 5.65. The molecule has 1 N–H and O–H groups in total. The number of halogens is 2. The minimum Gasteiger partial charge on any atom is -0.493 e. The average molecular weight is 542 g/mol. The predicted octanol–water partition coefficient (Wildman–Crippen LogP) is 5.34. The van der Waals surface area contributed by atoms with Crippen LogP contribution in [0.1, 0.15) is 36.8 Å². The number of hydrogen-bond acceptors (Lipinski definition) is 6. The maximum absolute atomic E-state index is 13.5. The lowest BCUT2D eigenvalue weighted by atomic mass is 10.1. The summed E-state index contributed by atoms with van der Waals surface area (Å²) in [5.41, 5.74) is 1.40. The van der Waals surface area contributed by atoms with Crippen LogP contribution in [0.15, 0.2) is 75.2 Å². The van der Waals surface area contributed by atoms with Crippen LogP contribution in [0.5, 0.6) is 5.88 Å². The number of aromatic hydroxyl groups is 1. The summed E-state index contributed by atoms with van der Waals surface area (Å²) < 4.78 is 41.8. The van der Waals surface area contributed by atoms with Crippen LogP contribution in [0.3, 0.4) is 0 Å². The molecule has 0 fully saturated rings. The Balaban J connectivity index is 1.79. The van der Waals surface area contributed by atoms with E-state index < -0.39 is 32.1 Å². The molecule has 0 bridgehead atoms. The fourth-order valence-electron chi connectivity index (χ4n) is 4.08. The molecule has 0 aliphatic rings. The molecular weight excluding hydrogens is 517 g/mol. The minimum absolute atomic E-state index is 0.0804. The van der Waals surface area contributed by atoms with Crippen molar-refractivity contribution in [2.75, 3.05) is 0 Å². The molecule has 4 rings (SSSR count). The van der Waals surface area contributed by atoms with Gasteiger partial charge in [-0.2, -0.15) is 9.37 Å². The molecule has 10 heteroatoms. The molecule has 0 saturated heterocycles. The molecule has 0 saturated carbocycles. The molecule has 37 heavy (non-hydrogen) atoms. The first-order chi connectivity index (χ1) is 17.6. The van der Waals surface area contributed by atoms with Gasteiger partial charge in [-0.1, -0.05) is 49.2 Å². The first-order valence-corrected chi connectivity index (χ1v) is 13.5. The second kappa shape index (κ2) is 10.8. The number of aromatic nitrogens is 3. The molecule has 2 aromatic carbocycles. The molecule has 0 spiro atoms. The number of rotatable bonds is 8. The van der Waals surface area contributed by atoms with Crippen molar-refractivity contribution in [3.63, 3.8) is 0 Å². The second-order valence-corrected chi connectivity index (χ2v) is 10.9. The van der Waals surface area contributed by atoms with E-state index >= 15 is 0 Å². The summed E-state index contributed by atoms with van der Waals surface area (Å²) in [6, 6.07) is 15.5. The molecule has 0 unspecified atom stereocenters. The van der Waals surface area contributed by atoms with E-state index in [1.165, 1.54) is 22.8 Å². The van der Waals surface area contributed by atoms with Gasteiger partial charge in [-0.15, -0.1) is 0 Å². The van der Waals surface area contributed by atoms with E-state index in [9.17, 15) is 22.7 Å². The van der Waals surface area contributed by atoms with E-state index in [1.807, 2.05) is 6.92 Å². The van der Waals surface area contributed by atoms with Crippen LogP contribution in [0.4, 0.5) is 4.39 Å². The Morgan fingerprint density at radius 3 is 2.43 bits per heavy atom. The lowest BCUT2D eigenvalue weighted by Crippen LogP contribution is -2.25. The van der Waals surface area contributed by atoms with Gasteiger partial charge in [0.2, 0.25) is 21.7 Å². The van der Waals surface area contributed by atoms with Crippen LogP contribution in [-0.4, -0.2) is 28.1 Å². The van der Waals surface area contributed by atoms with Crippen molar-refractivity contribution in [3.05, 3.63) is 99.1 Å². The molecule has 4 aromatic rings. The third kappa shape index (κ3) is 5.57. The zero-order valence-electron chi connectivity index (χ0n) is 20.3. The van der Waals surface area contributed by atoms with E-state index in [0.29, 0.717) is 40.2 Å². The number of sulfone groups is 1. The minimum atomic E-state index is -4.42. The van der Waals surface area contributed by atoms with Crippen molar-refractivity contribution in [1.82, 2.24) is 14.5 Å². The molecule has 2 aromatic heterocycles. The Kier molecular flexibility index (Phi) is 7.75. The van der Waals surface area contributed by atoms with Crippen molar-refractivity contribution in [1.29, 1.82) is 0 Å². The van der Waals surface area contributed by atoms with Crippen molar-refractivity contribution >= 4 is 21.4 Å². The first-order valence-electron chi connectivity index (χ1n) is 11.7. The predicted molar refractivity (Wildman–Crippen MR) is 139 cm³/mol. The van der Waals surface area contributed by atoms with Gasteiger partial charge in [-0.25, -0.2) is 13.4 Å². The molecule has 7 nitrogen and oxygen atoms in total. The monoisotopic (exact) mass is 541 g/mol. The summed E-state index contributed by atoms with van der Waals surface area (Å²) in [5, 5.41) is 11.6. The number of benzene rings is 2. The Labute approximate surface area is 219 Å². The number of unbranched alkanes of at least 4 members (excludes halogenated alkanes) is 1. The summed E-state index contributed by atoms with van der Waals surface area (Å²) in [5.74, 6) is -0.994. The molecule has 0 aliphatic carbocycles. The van der Waals surface area contributed by atoms with E-state index in [2.05, 4.69) is 9.97 Å². The molecule has 2 heterocycles. The van der Waals surface area contributed by atoms with Gasteiger partial charge in [0.05, 0.1) is 11.4 Å². The molecular formula is C27H25ClFN3O4S. The van der Waals surface area contributed by atoms with Crippen molar-refractivity contribution < 1.29 is 17.9 Å². The third-order valence-corrected chi connectivity index (χ3v) is 8.00. The molecule has 0 amide bonds. The Hall–Kier alpha value is -3.56. The number of pyridine rings is 1. The smallest absolute Gasteiger partial charge is 0.296 e. The summed E-state index contributed by atoms with van der Waals surface area (Å²) in [6.45, 7) is 3.71. The van der Waals surface area contributed by atoms with Gasteiger partial charge in [-0.3, -0.25) is 9.36 Å². The molecule has 0 aliphatic heterocycles. The fraction of sp³-hybridized carbons (Fsp3) is 0.222.